The van der Waals surface area contributed by atoms with Gasteiger partial charge in [-0.25, -0.2) is 4.39 Å². The first kappa shape index (κ1) is 19.5. The number of fused-ring (bicyclic) bond motifs is 1. The molecule has 0 unspecified atom stereocenters. The van der Waals surface area contributed by atoms with E-state index in [-0.39, 0.29) is 18.0 Å². The fraction of sp³-hybridized carbons (Fsp3) is 0.348. The number of amides is 1. The number of hydrogen-bond donors (Lipinski definition) is 2. The number of carbonyl (C=O) groups excluding carboxylic acids is 1. The zero-order valence-electron chi connectivity index (χ0n) is 16.9. The Bertz CT molecular complexity index is 950. The number of rotatable bonds is 4. The number of benzene rings is 2. The molecule has 1 fully saturated rings. The smallest absolute Gasteiger partial charge is 0.244 e. The maximum atomic E-state index is 14.6. The van der Waals surface area contributed by atoms with E-state index in [0.717, 1.165) is 29.8 Å². The molecule has 6 heteroatoms. The molecular weight excluding hydrogens is 367 g/mol. The molecule has 29 heavy (non-hydrogen) atoms. The van der Waals surface area contributed by atoms with E-state index in [0.29, 0.717) is 17.2 Å². The van der Waals surface area contributed by atoms with Crippen LogP contribution in [0.5, 0.6) is 0 Å². The van der Waals surface area contributed by atoms with E-state index in [2.05, 4.69) is 15.1 Å². The van der Waals surface area contributed by atoms with Gasteiger partial charge in [0.15, 0.2) is 6.29 Å². The zero-order valence-corrected chi connectivity index (χ0v) is 16.9. The van der Waals surface area contributed by atoms with Gasteiger partial charge in [-0.2, -0.15) is 0 Å². The molecule has 5 nitrogen and oxygen atoms in total. The highest BCUT2D eigenvalue weighted by Gasteiger charge is 2.37. The fourth-order valence-corrected chi connectivity index (χ4v) is 4.46. The van der Waals surface area contributed by atoms with Crippen molar-refractivity contribution in [1.82, 2.24) is 5.32 Å². The summed E-state index contributed by atoms with van der Waals surface area (Å²) in [6.45, 7) is 0. The Morgan fingerprint density at radius 2 is 1.90 bits per heavy atom. The normalized spacial score (nSPS) is 19.6. The lowest BCUT2D eigenvalue weighted by Crippen LogP contribution is -2.52. The van der Waals surface area contributed by atoms with Crippen molar-refractivity contribution < 1.29 is 9.18 Å². The third kappa shape index (κ3) is 3.49. The quantitative estimate of drug-likeness (QED) is 0.780. The van der Waals surface area contributed by atoms with Crippen LogP contribution in [0.3, 0.4) is 0 Å². The average Bonchev–Trinajstić information content (AvgIpc) is 3.33. The van der Waals surface area contributed by atoms with Gasteiger partial charge in [-0.15, -0.1) is 0 Å². The lowest BCUT2D eigenvalue weighted by Gasteiger charge is -2.32. The Morgan fingerprint density at radius 3 is 2.59 bits per heavy atom. The second-order valence-corrected chi connectivity index (χ2v) is 7.73. The van der Waals surface area contributed by atoms with Gasteiger partial charge < -0.3 is 15.1 Å². The first-order valence-electron chi connectivity index (χ1n) is 10.1. The number of anilines is 2. The number of likely N-dealkylation sites (N-methyl/N-ethyl adjacent to an activating group) is 1. The van der Waals surface area contributed by atoms with Gasteiger partial charge in [0.1, 0.15) is 5.82 Å². The van der Waals surface area contributed by atoms with E-state index in [9.17, 15) is 9.18 Å². The highest BCUT2D eigenvalue weighted by Crippen LogP contribution is 2.43. The number of nitrogens with one attached hydrogen (secondary N) is 1. The summed E-state index contributed by atoms with van der Waals surface area (Å²) in [4.78, 5) is 16.5. The molecule has 1 aliphatic heterocycles. The lowest BCUT2D eigenvalue weighted by atomic mass is 9.95. The largest absolute Gasteiger partial charge is 0.356 e. The van der Waals surface area contributed by atoms with Crippen molar-refractivity contribution >= 4 is 22.9 Å². The van der Waals surface area contributed by atoms with Crippen molar-refractivity contribution in [1.29, 1.82) is 0 Å². The molecule has 2 aliphatic rings. The van der Waals surface area contributed by atoms with Crippen LogP contribution in [-0.4, -0.2) is 32.3 Å². The first-order chi connectivity index (χ1) is 14.0. The van der Waals surface area contributed by atoms with E-state index in [1.54, 1.807) is 25.2 Å². The summed E-state index contributed by atoms with van der Waals surface area (Å²) in [5.74, 6) is -0.630. The monoisotopic (exact) mass is 394 g/mol. The molecule has 1 aliphatic carbocycles. The van der Waals surface area contributed by atoms with Crippen LogP contribution in [0.15, 0.2) is 48.5 Å². The minimum Gasteiger partial charge on any atom is -0.356 e. The van der Waals surface area contributed by atoms with Gasteiger partial charge in [-0.1, -0.05) is 37.1 Å². The summed E-state index contributed by atoms with van der Waals surface area (Å²) in [5.41, 5.74) is 10.4. The molecule has 2 aromatic carbocycles. The van der Waals surface area contributed by atoms with Crippen LogP contribution in [0.1, 0.15) is 36.8 Å². The Kier molecular flexibility index (Phi) is 5.28. The number of carbonyl (C=O) groups is 1. The van der Waals surface area contributed by atoms with Crippen molar-refractivity contribution in [3.63, 3.8) is 0 Å². The van der Waals surface area contributed by atoms with E-state index in [1.165, 1.54) is 25.0 Å². The highest BCUT2D eigenvalue weighted by atomic mass is 19.1. The Hall–Kier alpha value is -2.86. The van der Waals surface area contributed by atoms with Crippen LogP contribution in [0.25, 0.3) is 5.57 Å². The van der Waals surface area contributed by atoms with Gasteiger partial charge in [0.05, 0.1) is 11.4 Å². The molecule has 0 spiro atoms. The first-order valence-corrected chi connectivity index (χ1v) is 10.1. The number of nitrogens with zero attached hydrogens (tertiary/aromatic N) is 2. The standard InChI is InChI=1S/C23H27FN4O/c1-26-22(29)14-18(17-9-5-6-10-19(17)24)15-11-12-20-21(13-15)28(23(25)27(20)2)16-7-3-4-8-16/h5-6,9-14,16,23H,3-4,7-8,25H2,1-2H3,(H,26,29)/b18-14-/t23-/m1/s1. The van der Waals surface area contributed by atoms with E-state index >= 15 is 0 Å². The van der Waals surface area contributed by atoms with Crippen molar-refractivity contribution in [2.45, 2.75) is 38.0 Å². The summed E-state index contributed by atoms with van der Waals surface area (Å²) in [6.07, 6.45) is 5.91. The van der Waals surface area contributed by atoms with Crippen molar-refractivity contribution in [2.24, 2.45) is 5.73 Å². The maximum Gasteiger partial charge on any atom is 0.244 e. The lowest BCUT2D eigenvalue weighted by molar-refractivity contribution is -0.116. The van der Waals surface area contributed by atoms with Crippen LogP contribution in [0.4, 0.5) is 15.8 Å². The molecule has 0 aromatic heterocycles. The van der Waals surface area contributed by atoms with Gasteiger partial charge in [-0.05, 0) is 42.2 Å². The SMILES string of the molecule is CNC(=O)/C=C(/c1ccc2c(c1)N(C1CCCC1)[C@H](N)N2C)c1ccccc1F. The third-order valence-electron chi connectivity index (χ3n) is 6.03. The Balaban J connectivity index is 1.83. The fourth-order valence-electron chi connectivity index (χ4n) is 4.46. The molecule has 1 heterocycles. The summed E-state index contributed by atoms with van der Waals surface area (Å²) < 4.78 is 14.6. The summed E-state index contributed by atoms with van der Waals surface area (Å²) in [5, 5.41) is 2.60. The number of halogens is 1. The van der Waals surface area contributed by atoms with Crippen LogP contribution in [0.2, 0.25) is 0 Å². The predicted molar refractivity (Wildman–Crippen MR) is 115 cm³/mol. The van der Waals surface area contributed by atoms with Crippen LogP contribution >= 0.6 is 0 Å². The van der Waals surface area contributed by atoms with Gasteiger partial charge >= 0.3 is 0 Å². The van der Waals surface area contributed by atoms with Gasteiger partial charge in [0.2, 0.25) is 5.91 Å². The Morgan fingerprint density at radius 1 is 1.17 bits per heavy atom. The predicted octanol–water partition coefficient (Wildman–Crippen LogP) is 3.44. The van der Waals surface area contributed by atoms with Crippen LogP contribution < -0.4 is 20.9 Å². The van der Waals surface area contributed by atoms with Crippen molar-refractivity contribution in [2.75, 3.05) is 23.9 Å². The molecule has 0 radical (unpaired) electrons. The molecule has 1 atom stereocenters. The van der Waals surface area contributed by atoms with Crippen molar-refractivity contribution in [3.05, 3.63) is 65.5 Å². The van der Waals surface area contributed by atoms with Crippen molar-refractivity contribution in [3.8, 4) is 0 Å². The summed E-state index contributed by atoms with van der Waals surface area (Å²) in [6, 6.07) is 12.9. The molecule has 0 bridgehead atoms. The highest BCUT2D eigenvalue weighted by molar-refractivity contribution is 6.00. The van der Waals surface area contributed by atoms with Gasteiger partial charge in [-0.3, -0.25) is 10.5 Å². The van der Waals surface area contributed by atoms with E-state index in [1.807, 2.05) is 25.2 Å². The minimum absolute atomic E-state index is 0.219. The van der Waals surface area contributed by atoms with Crippen LogP contribution in [-0.2, 0) is 4.79 Å². The van der Waals surface area contributed by atoms with E-state index in [4.69, 9.17) is 5.73 Å². The third-order valence-corrected chi connectivity index (χ3v) is 6.03. The topological polar surface area (TPSA) is 61.6 Å². The van der Waals surface area contributed by atoms with Crippen LogP contribution in [0, 0.1) is 5.82 Å². The Labute approximate surface area is 171 Å². The van der Waals surface area contributed by atoms with Gasteiger partial charge in [0.25, 0.3) is 0 Å². The average molecular weight is 394 g/mol. The minimum atomic E-state index is -0.357. The maximum absolute atomic E-state index is 14.6. The zero-order chi connectivity index (χ0) is 20.5. The molecule has 1 saturated carbocycles. The molecule has 3 N–H and O–H groups in total. The molecule has 1 amide bonds. The summed E-state index contributed by atoms with van der Waals surface area (Å²) in [7, 11) is 3.56. The molecule has 152 valence electrons. The molecule has 4 rings (SSSR count). The second kappa shape index (κ2) is 7.87. The molecule has 2 aromatic rings. The molecule has 0 saturated heterocycles. The van der Waals surface area contributed by atoms with E-state index < -0.39 is 0 Å². The number of hydrogen-bond acceptors (Lipinski definition) is 4. The number of nitrogens with two attached hydrogens (primary N) is 1. The molecular formula is C23H27FN4O. The summed E-state index contributed by atoms with van der Waals surface area (Å²) >= 11 is 0. The second-order valence-electron chi connectivity index (χ2n) is 7.73. The van der Waals surface area contributed by atoms with Gasteiger partial charge in [0, 0.05) is 31.8 Å².